The van der Waals surface area contributed by atoms with Crippen molar-refractivity contribution in [3.8, 4) is 6.07 Å². The van der Waals surface area contributed by atoms with Gasteiger partial charge in [-0.15, -0.1) is 0 Å². The van der Waals surface area contributed by atoms with Crippen LogP contribution in [0.3, 0.4) is 0 Å². The number of rotatable bonds is 5. The third kappa shape index (κ3) is 3.58. The number of benzene rings is 1. The predicted molar refractivity (Wildman–Crippen MR) is 78.7 cm³/mol. The van der Waals surface area contributed by atoms with E-state index in [4.69, 9.17) is 5.26 Å². The quantitative estimate of drug-likeness (QED) is 0.793. The van der Waals surface area contributed by atoms with Crippen LogP contribution in [0.25, 0.3) is 0 Å². The number of nitrogens with zero attached hydrogens (tertiary/aromatic N) is 2. The second-order valence-electron chi connectivity index (χ2n) is 5.68. The van der Waals surface area contributed by atoms with Crippen molar-refractivity contribution >= 4 is 0 Å². The summed E-state index contributed by atoms with van der Waals surface area (Å²) in [4.78, 5) is 2.66. The summed E-state index contributed by atoms with van der Waals surface area (Å²) >= 11 is 0. The van der Waals surface area contributed by atoms with E-state index in [1.807, 2.05) is 12.1 Å². The normalized spacial score (nSPS) is 17.6. The highest BCUT2D eigenvalue weighted by Crippen LogP contribution is 2.27. The minimum atomic E-state index is 0.638. The topological polar surface area (TPSA) is 27.0 Å². The molecule has 102 valence electrons. The highest BCUT2D eigenvalue weighted by Gasteiger charge is 2.25. The van der Waals surface area contributed by atoms with Crippen molar-refractivity contribution in [2.45, 2.75) is 64.6 Å². The fourth-order valence-corrected chi connectivity index (χ4v) is 3.01. The second-order valence-corrected chi connectivity index (χ2v) is 5.68. The molecule has 19 heavy (non-hydrogen) atoms. The highest BCUT2D eigenvalue weighted by atomic mass is 15.2. The zero-order valence-corrected chi connectivity index (χ0v) is 12.1. The van der Waals surface area contributed by atoms with E-state index in [2.05, 4.69) is 36.9 Å². The van der Waals surface area contributed by atoms with E-state index in [-0.39, 0.29) is 0 Å². The molecule has 2 rings (SSSR count). The summed E-state index contributed by atoms with van der Waals surface area (Å²) in [5, 5.41) is 8.85. The van der Waals surface area contributed by atoms with Crippen molar-refractivity contribution in [1.82, 2.24) is 4.90 Å². The average Bonchev–Trinajstić information content (AvgIpc) is 2.98. The predicted octanol–water partition coefficient (Wildman–Crippen LogP) is 4.10. The van der Waals surface area contributed by atoms with Crippen LogP contribution < -0.4 is 0 Å². The molecule has 1 aromatic rings. The molecule has 0 saturated heterocycles. The fourth-order valence-electron chi connectivity index (χ4n) is 3.01. The van der Waals surface area contributed by atoms with Gasteiger partial charge >= 0.3 is 0 Å². The third-order valence-corrected chi connectivity index (χ3v) is 4.40. The van der Waals surface area contributed by atoms with Crippen molar-refractivity contribution in [3.05, 3.63) is 35.4 Å². The van der Waals surface area contributed by atoms with Gasteiger partial charge in [-0.3, -0.25) is 4.90 Å². The van der Waals surface area contributed by atoms with Crippen LogP contribution >= 0.6 is 0 Å². The van der Waals surface area contributed by atoms with Crippen molar-refractivity contribution < 1.29 is 0 Å². The maximum absolute atomic E-state index is 8.85. The number of hydrogen-bond donors (Lipinski definition) is 0. The van der Waals surface area contributed by atoms with Crippen LogP contribution in [0.2, 0.25) is 0 Å². The van der Waals surface area contributed by atoms with Crippen LogP contribution in [0.4, 0.5) is 0 Å². The van der Waals surface area contributed by atoms with Gasteiger partial charge in [-0.05, 0) is 43.9 Å². The lowest BCUT2D eigenvalue weighted by Crippen LogP contribution is -2.39. The summed E-state index contributed by atoms with van der Waals surface area (Å²) in [6.07, 6.45) is 6.66. The van der Waals surface area contributed by atoms with E-state index in [1.54, 1.807) is 0 Å². The molecule has 0 unspecified atom stereocenters. The Bertz CT molecular complexity index is 424. The van der Waals surface area contributed by atoms with Crippen LogP contribution in [0.15, 0.2) is 24.3 Å². The molecule has 0 amide bonds. The van der Waals surface area contributed by atoms with Gasteiger partial charge in [-0.1, -0.05) is 31.9 Å². The third-order valence-electron chi connectivity index (χ3n) is 4.40. The monoisotopic (exact) mass is 256 g/mol. The summed E-state index contributed by atoms with van der Waals surface area (Å²) < 4.78 is 0. The van der Waals surface area contributed by atoms with E-state index >= 15 is 0 Å². The van der Waals surface area contributed by atoms with Crippen LogP contribution in [0.5, 0.6) is 0 Å². The first kappa shape index (κ1) is 14.1. The second kappa shape index (κ2) is 6.73. The van der Waals surface area contributed by atoms with Gasteiger partial charge in [0, 0.05) is 18.6 Å². The van der Waals surface area contributed by atoms with E-state index in [0.717, 1.165) is 18.2 Å². The molecular formula is C17H24N2. The number of nitriles is 1. The molecule has 1 saturated carbocycles. The highest BCUT2D eigenvalue weighted by molar-refractivity contribution is 5.31. The lowest BCUT2D eigenvalue weighted by molar-refractivity contribution is 0.132. The largest absolute Gasteiger partial charge is 0.293 e. The molecule has 2 nitrogen and oxygen atoms in total. The van der Waals surface area contributed by atoms with Crippen molar-refractivity contribution in [1.29, 1.82) is 5.26 Å². The fraction of sp³-hybridized carbons (Fsp3) is 0.588. The minimum Gasteiger partial charge on any atom is -0.293 e. The van der Waals surface area contributed by atoms with E-state index in [9.17, 15) is 0 Å². The van der Waals surface area contributed by atoms with Gasteiger partial charge in [0.15, 0.2) is 0 Å². The molecule has 0 aliphatic heterocycles. The SMILES string of the molecule is CC[C@H](C)N(Cc1ccc(C#N)cc1)C1CCCC1. The molecule has 0 N–H and O–H groups in total. The van der Waals surface area contributed by atoms with Gasteiger partial charge in [-0.25, -0.2) is 0 Å². The first-order valence-electron chi connectivity index (χ1n) is 7.49. The van der Waals surface area contributed by atoms with Crippen LogP contribution in [0, 0.1) is 11.3 Å². The van der Waals surface area contributed by atoms with E-state index in [0.29, 0.717) is 6.04 Å². The summed E-state index contributed by atoms with van der Waals surface area (Å²) in [6.45, 7) is 5.62. The van der Waals surface area contributed by atoms with Gasteiger partial charge in [0.25, 0.3) is 0 Å². The molecule has 1 atom stereocenters. The van der Waals surface area contributed by atoms with Crippen molar-refractivity contribution in [3.63, 3.8) is 0 Å². The van der Waals surface area contributed by atoms with Crippen LogP contribution in [0.1, 0.15) is 57.1 Å². The maximum atomic E-state index is 8.85. The molecule has 0 spiro atoms. The average molecular weight is 256 g/mol. The van der Waals surface area contributed by atoms with Crippen molar-refractivity contribution in [2.75, 3.05) is 0 Å². The van der Waals surface area contributed by atoms with Crippen LogP contribution in [-0.2, 0) is 6.54 Å². The molecule has 0 bridgehead atoms. The zero-order valence-electron chi connectivity index (χ0n) is 12.1. The molecule has 1 fully saturated rings. The molecular weight excluding hydrogens is 232 g/mol. The van der Waals surface area contributed by atoms with Gasteiger partial charge < -0.3 is 0 Å². The standard InChI is InChI=1S/C17H24N2/c1-3-14(2)19(17-6-4-5-7-17)13-16-10-8-15(12-18)9-11-16/h8-11,14,17H,3-7,13H2,1-2H3/t14-/m0/s1. The molecule has 1 aromatic carbocycles. The first-order valence-corrected chi connectivity index (χ1v) is 7.49. The Morgan fingerprint density at radius 2 is 1.89 bits per heavy atom. The zero-order chi connectivity index (χ0) is 13.7. The summed E-state index contributed by atoms with van der Waals surface area (Å²) in [5.41, 5.74) is 2.07. The van der Waals surface area contributed by atoms with E-state index < -0.39 is 0 Å². The summed E-state index contributed by atoms with van der Waals surface area (Å²) in [6, 6.07) is 11.6. The van der Waals surface area contributed by atoms with Gasteiger partial charge in [0.2, 0.25) is 0 Å². The van der Waals surface area contributed by atoms with Gasteiger partial charge in [0.1, 0.15) is 0 Å². The molecule has 0 aromatic heterocycles. The number of hydrogen-bond acceptors (Lipinski definition) is 2. The molecule has 1 aliphatic rings. The molecule has 2 heteroatoms. The first-order chi connectivity index (χ1) is 9.24. The summed E-state index contributed by atoms with van der Waals surface area (Å²) in [7, 11) is 0. The molecule has 1 aliphatic carbocycles. The molecule has 0 radical (unpaired) electrons. The Morgan fingerprint density at radius 1 is 1.26 bits per heavy atom. The lowest BCUT2D eigenvalue weighted by Gasteiger charge is -2.34. The smallest absolute Gasteiger partial charge is 0.0991 e. The Morgan fingerprint density at radius 3 is 2.42 bits per heavy atom. The minimum absolute atomic E-state index is 0.638. The Hall–Kier alpha value is -1.33. The lowest BCUT2D eigenvalue weighted by atomic mass is 10.1. The van der Waals surface area contributed by atoms with Crippen molar-refractivity contribution in [2.24, 2.45) is 0 Å². The Labute approximate surface area is 117 Å². The van der Waals surface area contributed by atoms with Crippen LogP contribution in [-0.4, -0.2) is 17.0 Å². The Balaban J connectivity index is 2.08. The Kier molecular flexibility index (Phi) is 4.99. The maximum Gasteiger partial charge on any atom is 0.0991 e. The molecule has 0 heterocycles. The van der Waals surface area contributed by atoms with E-state index in [1.165, 1.54) is 37.7 Å². The van der Waals surface area contributed by atoms with Gasteiger partial charge in [0.05, 0.1) is 11.6 Å². The van der Waals surface area contributed by atoms with Gasteiger partial charge in [-0.2, -0.15) is 5.26 Å². The summed E-state index contributed by atoms with van der Waals surface area (Å²) in [5.74, 6) is 0.